The predicted octanol–water partition coefficient (Wildman–Crippen LogP) is 2.17. The van der Waals surface area contributed by atoms with Gasteiger partial charge < -0.3 is 14.9 Å². The molecular weight excluding hydrogens is 244 g/mol. The van der Waals surface area contributed by atoms with E-state index >= 15 is 0 Å². The number of carbonyl (C=O) groups excluding carboxylic acids is 1. The van der Waals surface area contributed by atoms with E-state index in [2.05, 4.69) is 6.92 Å². The third-order valence-electron chi connectivity index (χ3n) is 4.48. The highest BCUT2D eigenvalue weighted by Gasteiger charge is 2.36. The second-order valence-corrected chi connectivity index (χ2v) is 5.66. The SMILES string of the molecule is CCC1CCCN(C(=O)N2CCCC2C(=O)O)CC1. The zero-order valence-electron chi connectivity index (χ0n) is 11.7. The van der Waals surface area contributed by atoms with Crippen molar-refractivity contribution in [1.82, 2.24) is 9.80 Å². The second kappa shape index (κ2) is 6.26. The molecule has 1 N–H and O–H groups in total. The number of carbonyl (C=O) groups is 2. The third kappa shape index (κ3) is 3.19. The fourth-order valence-electron chi connectivity index (χ4n) is 3.20. The molecule has 108 valence electrons. The van der Waals surface area contributed by atoms with Crippen LogP contribution >= 0.6 is 0 Å². The van der Waals surface area contributed by atoms with Gasteiger partial charge in [-0.15, -0.1) is 0 Å². The van der Waals surface area contributed by atoms with Gasteiger partial charge in [-0.3, -0.25) is 0 Å². The first kappa shape index (κ1) is 14.2. The molecule has 2 atom stereocenters. The van der Waals surface area contributed by atoms with Crippen molar-refractivity contribution >= 4 is 12.0 Å². The zero-order chi connectivity index (χ0) is 13.8. The van der Waals surface area contributed by atoms with E-state index in [1.165, 1.54) is 12.8 Å². The molecule has 2 aliphatic heterocycles. The average Bonchev–Trinajstić information content (AvgIpc) is 2.76. The zero-order valence-corrected chi connectivity index (χ0v) is 11.7. The van der Waals surface area contributed by atoms with Gasteiger partial charge in [0.15, 0.2) is 0 Å². The molecule has 2 fully saturated rings. The molecule has 0 spiro atoms. The van der Waals surface area contributed by atoms with E-state index in [4.69, 9.17) is 5.11 Å². The Morgan fingerprint density at radius 3 is 2.53 bits per heavy atom. The summed E-state index contributed by atoms with van der Waals surface area (Å²) in [6.07, 6.45) is 5.83. The number of carboxylic acid groups (broad SMARTS) is 1. The van der Waals surface area contributed by atoms with E-state index in [0.717, 1.165) is 32.4 Å². The molecule has 19 heavy (non-hydrogen) atoms. The Kier molecular flexibility index (Phi) is 4.66. The first-order chi connectivity index (χ1) is 9.13. The first-order valence-corrected chi connectivity index (χ1v) is 7.41. The van der Waals surface area contributed by atoms with E-state index in [0.29, 0.717) is 18.9 Å². The average molecular weight is 268 g/mol. The van der Waals surface area contributed by atoms with Gasteiger partial charge in [-0.1, -0.05) is 13.3 Å². The lowest BCUT2D eigenvalue weighted by molar-refractivity contribution is -0.141. The van der Waals surface area contributed by atoms with Crippen molar-refractivity contribution < 1.29 is 14.7 Å². The topological polar surface area (TPSA) is 60.9 Å². The molecule has 0 radical (unpaired) electrons. The maximum Gasteiger partial charge on any atom is 0.326 e. The van der Waals surface area contributed by atoms with Gasteiger partial charge in [-0.05, 0) is 38.0 Å². The molecule has 2 amide bonds. The van der Waals surface area contributed by atoms with Gasteiger partial charge in [0.25, 0.3) is 0 Å². The molecule has 2 unspecified atom stereocenters. The van der Waals surface area contributed by atoms with Crippen LogP contribution in [0.2, 0.25) is 0 Å². The number of nitrogens with zero attached hydrogens (tertiary/aromatic N) is 2. The van der Waals surface area contributed by atoms with Gasteiger partial charge in [0.05, 0.1) is 0 Å². The number of hydrogen-bond donors (Lipinski definition) is 1. The maximum absolute atomic E-state index is 12.5. The van der Waals surface area contributed by atoms with Crippen LogP contribution < -0.4 is 0 Å². The predicted molar refractivity (Wildman–Crippen MR) is 72.0 cm³/mol. The molecule has 5 heteroatoms. The van der Waals surface area contributed by atoms with Gasteiger partial charge in [-0.25, -0.2) is 9.59 Å². The van der Waals surface area contributed by atoms with Crippen molar-refractivity contribution in [3.63, 3.8) is 0 Å². The quantitative estimate of drug-likeness (QED) is 0.835. The Morgan fingerprint density at radius 2 is 1.84 bits per heavy atom. The van der Waals surface area contributed by atoms with Crippen LogP contribution in [0.25, 0.3) is 0 Å². The molecule has 0 aliphatic carbocycles. The summed E-state index contributed by atoms with van der Waals surface area (Å²) in [7, 11) is 0. The molecule has 2 saturated heterocycles. The maximum atomic E-state index is 12.5. The summed E-state index contributed by atoms with van der Waals surface area (Å²) < 4.78 is 0. The summed E-state index contributed by atoms with van der Waals surface area (Å²) in [5.74, 6) is -0.154. The normalized spacial score (nSPS) is 28.3. The number of rotatable bonds is 2. The lowest BCUT2D eigenvalue weighted by Gasteiger charge is -2.29. The van der Waals surface area contributed by atoms with E-state index in [1.54, 1.807) is 4.90 Å². The largest absolute Gasteiger partial charge is 0.480 e. The van der Waals surface area contributed by atoms with Crippen molar-refractivity contribution in [1.29, 1.82) is 0 Å². The fourth-order valence-corrected chi connectivity index (χ4v) is 3.20. The van der Waals surface area contributed by atoms with E-state index < -0.39 is 12.0 Å². The van der Waals surface area contributed by atoms with Crippen molar-refractivity contribution in [2.24, 2.45) is 5.92 Å². The summed E-state index contributed by atoms with van der Waals surface area (Å²) in [4.78, 5) is 27.0. The Morgan fingerprint density at radius 1 is 1.11 bits per heavy atom. The summed E-state index contributed by atoms with van der Waals surface area (Å²) in [6.45, 7) is 4.34. The van der Waals surface area contributed by atoms with Crippen molar-refractivity contribution in [3.8, 4) is 0 Å². The van der Waals surface area contributed by atoms with Crippen molar-refractivity contribution in [3.05, 3.63) is 0 Å². The van der Waals surface area contributed by atoms with Crippen LogP contribution in [-0.4, -0.2) is 52.6 Å². The number of aliphatic carboxylic acids is 1. The highest BCUT2D eigenvalue weighted by Crippen LogP contribution is 2.24. The lowest BCUT2D eigenvalue weighted by Crippen LogP contribution is -2.48. The summed E-state index contributed by atoms with van der Waals surface area (Å²) in [5.41, 5.74) is 0. The van der Waals surface area contributed by atoms with Crippen LogP contribution in [0.4, 0.5) is 4.79 Å². The Bertz CT molecular complexity index is 346. The standard InChI is InChI=1S/C14H24N2O3/c1-2-11-5-3-8-15(10-7-11)14(19)16-9-4-6-12(16)13(17)18/h11-12H,2-10H2,1H3,(H,17,18). The van der Waals surface area contributed by atoms with Gasteiger partial charge in [-0.2, -0.15) is 0 Å². The second-order valence-electron chi connectivity index (χ2n) is 5.66. The number of urea groups is 1. The minimum atomic E-state index is -0.868. The molecule has 0 aromatic heterocycles. The Hall–Kier alpha value is -1.26. The molecule has 0 aromatic rings. The van der Waals surface area contributed by atoms with E-state index in [-0.39, 0.29) is 6.03 Å². The summed E-state index contributed by atoms with van der Waals surface area (Å²) in [5, 5.41) is 9.15. The molecule has 0 aromatic carbocycles. The van der Waals surface area contributed by atoms with Crippen LogP contribution in [-0.2, 0) is 4.79 Å². The smallest absolute Gasteiger partial charge is 0.326 e. The Labute approximate surface area is 114 Å². The van der Waals surface area contributed by atoms with Crippen LogP contribution in [0.15, 0.2) is 0 Å². The lowest BCUT2D eigenvalue weighted by atomic mass is 9.98. The molecule has 0 saturated carbocycles. The summed E-state index contributed by atoms with van der Waals surface area (Å²) in [6, 6.07) is -0.681. The van der Waals surface area contributed by atoms with Crippen LogP contribution in [0.1, 0.15) is 45.4 Å². The van der Waals surface area contributed by atoms with E-state index in [9.17, 15) is 9.59 Å². The Balaban J connectivity index is 1.97. The van der Waals surface area contributed by atoms with Crippen LogP contribution in [0, 0.1) is 5.92 Å². The minimum absolute atomic E-state index is 0.0679. The molecule has 2 aliphatic rings. The van der Waals surface area contributed by atoms with Gasteiger partial charge in [0.2, 0.25) is 0 Å². The number of hydrogen-bond acceptors (Lipinski definition) is 2. The first-order valence-electron chi connectivity index (χ1n) is 7.41. The molecule has 2 rings (SSSR count). The highest BCUT2D eigenvalue weighted by molar-refractivity contribution is 5.83. The summed E-state index contributed by atoms with van der Waals surface area (Å²) >= 11 is 0. The molecule has 2 heterocycles. The number of likely N-dealkylation sites (tertiary alicyclic amines) is 2. The third-order valence-corrected chi connectivity index (χ3v) is 4.48. The fraction of sp³-hybridized carbons (Fsp3) is 0.857. The highest BCUT2D eigenvalue weighted by atomic mass is 16.4. The number of carboxylic acids is 1. The molecular formula is C14H24N2O3. The monoisotopic (exact) mass is 268 g/mol. The molecule has 5 nitrogen and oxygen atoms in total. The van der Waals surface area contributed by atoms with Crippen molar-refractivity contribution in [2.45, 2.75) is 51.5 Å². The van der Waals surface area contributed by atoms with Crippen LogP contribution in [0.3, 0.4) is 0 Å². The van der Waals surface area contributed by atoms with Gasteiger partial charge >= 0.3 is 12.0 Å². The van der Waals surface area contributed by atoms with E-state index in [1.807, 2.05) is 4.90 Å². The molecule has 0 bridgehead atoms. The van der Waals surface area contributed by atoms with Crippen LogP contribution in [0.5, 0.6) is 0 Å². The van der Waals surface area contributed by atoms with Crippen molar-refractivity contribution in [2.75, 3.05) is 19.6 Å². The minimum Gasteiger partial charge on any atom is -0.480 e. The van der Waals surface area contributed by atoms with Gasteiger partial charge in [0, 0.05) is 19.6 Å². The number of amides is 2. The van der Waals surface area contributed by atoms with Gasteiger partial charge in [0.1, 0.15) is 6.04 Å².